The van der Waals surface area contributed by atoms with Crippen LogP contribution in [0.25, 0.3) is 0 Å². The van der Waals surface area contributed by atoms with Gasteiger partial charge in [-0.1, -0.05) is 18.2 Å². The van der Waals surface area contributed by atoms with Crippen molar-refractivity contribution < 1.29 is 22.0 Å². The highest BCUT2D eigenvalue weighted by atomic mass is 32.2. The van der Waals surface area contributed by atoms with Gasteiger partial charge in [-0.3, -0.25) is 4.79 Å². The number of thioether (sulfide) groups is 1. The average molecular weight is 383 g/mol. The Morgan fingerprint density at radius 3 is 2.48 bits per heavy atom. The molecule has 1 aliphatic rings. The van der Waals surface area contributed by atoms with Crippen molar-refractivity contribution in [2.75, 3.05) is 5.75 Å². The molecule has 1 heterocycles. The lowest BCUT2D eigenvalue weighted by Gasteiger charge is -2.25. The molecule has 0 saturated heterocycles. The van der Waals surface area contributed by atoms with Crippen molar-refractivity contribution in [3.05, 3.63) is 59.7 Å². The molecule has 0 saturated carbocycles. The Morgan fingerprint density at radius 1 is 1.12 bits per heavy atom. The monoisotopic (exact) mass is 383 g/mol. The van der Waals surface area contributed by atoms with E-state index >= 15 is 0 Å². The van der Waals surface area contributed by atoms with E-state index in [0.717, 1.165) is 34.8 Å². The molecule has 25 heavy (non-hydrogen) atoms. The third-order valence-electron chi connectivity index (χ3n) is 3.94. The number of nitrogens with one attached hydrogen (secondary N) is 1. The van der Waals surface area contributed by atoms with Crippen molar-refractivity contribution in [2.24, 2.45) is 0 Å². The van der Waals surface area contributed by atoms with E-state index in [1.54, 1.807) is 11.8 Å². The van der Waals surface area contributed by atoms with Crippen LogP contribution in [-0.4, -0.2) is 25.8 Å². The Kier molecular flexibility index (Phi) is 5.10. The van der Waals surface area contributed by atoms with Gasteiger partial charge in [0.2, 0.25) is 9.84 Å². The summed E-state index contributed by atoms with van der Waals surface area (Å²) < 4.78 is 47.9. The number of hydrogen-bond acceptors (Lipinski definition) is 4. The molecule has 4 nitrogen and oxygen atoms in total. The van der Waals surface area contributed by atoms with Gasteiger partial charge >= 0.3 is 5.76 Å². The van der Waals surface area contributed by atoms with E-state index in [1.165, 1.54) is 12.1 Å². The second kappa shape index (κ2) is 7.13. The van der Waals surface area contributed by atoms with Crippen LogP contribution in [0.4, 0.5) is 8.78 Å². The summed E-state index contributed by atoms with van der Waals surface area (Å²) in [6.45, 7) is 0. The average Bonchev–Trinajstić information content (AvgIpc) is 2.62. The summed E-state index contributed by atoms with van der Waals surface area (Å²) in [6.07, 6.45) is 0.783. The summed E-state index contributed by atoms with van der Waals surface area (Å²) in [5.41, 5.74) is 1.27. The fraction of sp³-hybridized carbons (Fsp3) is 0.235. The van der Waals surface area contributed by atoms with Crippen LogP contribution >= 0.6 is 11.8 Å². The van der Waals surface area contributed by atoms with Gasteiger partial charge in [0.15, 0.2) is 0 Å². The maximum absolute atomic E-state index is 12.5. The third-order valence-corrected chi connectivity index (χ3v) is 6.46. The molecular formula is C17H15F2NO3S2. The highest BCUT2D eigenvalue weighted by molar-refractivity contribution is 7.99. The van der Waals surface area contributed by atoms with Crippen molar-refractivity contribution in [2.45, 2.75) is 28.0 Å². The van der Waals surface area contributed by atoms with E-state index in [0.29, 0.717) is 0 Å². The minimum Gasteiger partial charge on any atom is -0.345 e. The van der Waals surface area contributed by atoms with Crippen LogP contribution in [0.15, 0.2) is 58.3 Å². The number of amides is 1. The molecule has 8 heteroatoms. The number of carbonyl (C=O) groups excluding carboxylic acids is 1. The molecule has 0 aliphatic carbocycles. The van der Waals surface area contributed by atoms with Crippen molar-refractivity contribution >= 4 is 27.5 Å². The second-order valence-corrected chi connectivity index (χ2v) is 8.59. The van der Waals surface area contributed by atoms with Gasteiger partial charge in [0.05, 0.1) is 10.9 Å². The number of sulfone groups is 1. The summed E-state index contributed by atoms with van der Waals surface area (Å²) in [6, 6.07) is 12.2. The summed E-state index contributed by atoms with van der Waals surface area (Å²) in [5, 5.41) is 2.92. The van der Waals surface area contributed by atoms with Crippen molar-refractivity contribution in [3.63, 3.8) is 0 Å². The Bertz CT molecular complexity index is 883. The molecule has 1 amide bonds. The van der Waals surface area contributed by atoms with Gasteiger partial charge in [-0.15, -0.1) is 11.8 Å². The van der Waals surface area contributed by atoms with Gasteiger partial charge in [0, 0.05) is 16.2 Å². The molecule has 0 radical (unpaired) electrons. The standard InChI is InChI=1S/C17H15F2NO3S2/c18-17(19)25(22,23)12-7-5-11(6-8-12)16(21)20-14-9-10-24-15-4-2-1-3-13(14)15/h1-8,14,17H,9-10H2,(H,20,21)/t14-/m1/s1. The van der Waals surface area contributed by atoms with Gasteiger partial charge in [0.25, 0.3) is 5.91 Å². The molecule has 132 valence electrons. The fourth-order valence-electron chi connectivity index (χ4n) is 2.63. The normalized spacial score (nSPS) is 17.2. The van der Waals surface area contributed by atoms with E-state index in [1.807, 2.05) is 24.3 Å². The van der Waals surface area contributed by atoms with Crippen LogP contribution in [0.1, 0.15) is 28.4 Å². The van der Waals surface area contributed by atoms with Gasteiger partial charge < -0.3 is 5.32 Å². The Hall–Kier alpha value is -1.93. The molecular weight excluding hydrogens is 368 g/mol. The molecule has 0 bridgehead atoms. The lowest BCUT2D eigenvalue weighted by Crippen LogP contribution is -2.30. The first-order chi connectivity index (χ1) is 11.9. The first-order valence-electron chi connectivity index (χ1n) is 7.54. The molecule has 2 aromatic carbocycles. The van der Waals surface area contributed by atoms with Crippen LogP contribution in [0.2, 0.25) is 0 Å². The SMILES string of the molecule is O=C(N[C@@H]1CCSc2ccccc21)c1ccc(S(=O)(=O)C(F)F)cc1. The minimum absolute atomic E-state index is 0.130. The van der Waals surface area contributed by atoms with Crippen LogP contribution in [0.3, 0.4) is 0 Å². The van der Waals surface area contributed by atoms with Gasteiger partial charge in [0.1, 0.15) is 0 Å². The first kappa shape index (κ1) is 17.9. The summed E-state index contributed by atoms with van der Waals surface area (Å²) >= 11 is 1.73. The predicted octanol–water partition coefficient (Wildman–Crippen LogP) is 3.65. The molecule has 1 aliphatic heterocycles. The van der Waals surface area contributed by atoms with Gasteiger partial charge in [-0.2, -0.15) is 8.78 Å². The third kappa shape index (κ3) is 3.69. The molecule has 1 N–H and O–H groups in total. The smallest absolute Gasteiger partial charge is 0.341 e. The van der Waals surface area contributed by atoms with Gasteiger partial charge in [-0.05, 0) is 42.3 Å². The summed E-state index contributed by atoms with van der Waals surface area (Å²) in [7, 11) is -4.65. The maximum Gasteiger partial charge on any atom is 0.341 e. The van der Waals surface area contributed by atoms with Crippen LogP contribution in [0, 0.1) is 0 Å². The van der Waals surface area contributed by atoms with E-state index in [-0.39, 0.29) is 17.5 Å². The second-order valence-electron chi connectivity index (χ2n) is 5.53. The maximum atomic E-state index is 12.5. The number of fused-ring (bicyclic) bond motifs is 1. The van der Waals surface area contributed by atoms with E-state index in [2.05, 4.69) is 5.32 Å². The molecule has 0 fully saturated rings. The molecule has 3 rings (SSSR count). The zero-order valence-corrected chi connectivity index (χ0v) is 14.6. The number of benzene rings is 2. The summed E-state index contributed by atoms with van der Waals surface area (Å²) in [4.78, 5) is 13.0. The Balaban J connectivity index is 1.77. The number of rotatable bonds is 4. The van der Waals surface area contributed by atoms with Crippen molar-refractivity contribution in [1.29, 1.82) is 0 Å². The predicted molar refractivity (Wildman–Crippen MR) is 91.6 cm³/mol. The van der Waals surface area contributed by atoms with E-state index < -0.39 is 20.5 Å². The Morgan fingerprint density at radius 2 is 1.80 bits per heavy atom. The molecule has 0 spiro atoms. The summed E-state index contributed by atoms with van der Waals surface area (Å²) in [5.74, 6) is -2.97. The number of carbonyl (C=O) groups is 1. The molecule has 0 aromatic heterocycles. The highest BCUT2D eigenvalue weighted by Gasteiger charge is 2.27. The molecule has 2 aromatic rings. The van der Waals surface area contributed by atoms with Gasteiger partial charge in [-0.25, -0.2) is 8.42 Å². The minimum atomic E-state index is -4.65. The lowest BCUT2D eigenvalue weighted by atomic mass is 10.0. The molecule has 0 unspecified atom stereocenters. The van der Waals surface area contributed by atoms with Crippen LogP contribution in [0.5, 0.6) is 0 Å². The number of halogens is 2. The van der Waals surface area contributed by atoms with Crippen molar-refractivity contribution in [3.8, 4) is 0 Å². The quantitative estimate of drug-likeness (QED) is 0.875. The topological polar surface area (TPSA) is 63.2 Å². The largest absolute Gasteiger partial charge is 0.345 e. The highest BCUT2D eigenvalue weighted by Crippen LogP contribution is 2.35. The number of hydrogen-bond donors (Lipinski definition) is 1. The first-order valence-corrected chi connectivity index (χ1v) is 10.1. The van der Waals surface area contributed by atoms with E-state index in [4.69, 9.17) is 0 Å². The van der Waals surface area contributed by atoms with Crippen molar-refractivity contribution in [1.82, 2.24) is 5.32 Å². The Labute approximate surface area is 148 Å². The fourth-order valence-corrected chi connectivity index (χ4v) is 4.48. The van der Waals surface area contributed by atoms with Crippen LogP contribution in [-0.2, 0) is 9.84 Å². The van der Waals surface area contributed by atoms with Crippen LogP contribution < -0.4 is 5.32 Å². The zero-order valence-electron chi connectivity index (χ0n) is 13.0. The lowest BCUT2D eigenvalue weighted by molar-refractivity contribution is 0.0935. The zero-order chi connectivity index (χ0) is 18.0. The van der Waals surface area contributed by atoms with E-state index in [9.17, 15) is 22.0 Å². The number of alkyl halides is 2. The molecule has 1 atom stereocenters.